The summed E-state index contributed by atoms with van der Waals surface area (Å²) in [7, 11) is 2.03. The summed E-state index contributed by atoms with van der Waals surface area (Å²) in [6, 6.07) is 7.73. The van der Waals surface area contributed by atoms with Gasteiger partial charge in [0.15, 0.2) is 0 Å². The van der Waals surface area contributed by atoms with Crippen molar-refractivity contribution in [2.24, 2.45) is 12.8 Å². The first-order chi connectivity index (χ1) is 10.6. The molecule has 1 fully saturated rings. The van der Waals surface area contributed by atoms with Gasteiger partial charge in [-0.3, -0.25) is 9.69 Å². The molecule has 1 aliphatic rings. The molecular formula is C16H22N4O2. The third kappa shape index (κ3) is 2.71. The second-order valence-corrected chi connectivity index (χ2v) is 5.78. The lowest BCUT2D eigenvalue weighted by molar-refractivity contribution is -0.135. The SMILES string of the molecule is C[C@H]1OCCN(CCc2nc3ccccc3n2C)[C@@H]1C(N)=O. The number of imidazole rings is 1. The Hall–Kier alpha value is -1.92. The minimum Gasteiger partial charge on any atom is -0.375 e. The predicted octanol–water partition coefficient (Wildman–Crippen LogP) is 0.690. The minimum atomic E-state index is -0.358. The van der Waals surface area contributed by atoms with Crippen LogP contribution in [0.1, 0.15) is 12.7 Å². The van der Waals surface area contributed by atoms with Gasteiger partial charge in [-0.2, -0.15) is 0 Å². The lowest BCUT2D eigenvalue weighted by atomic mass is 10.1. The molecule has 1 saturated heterocycles. The van der Waals surface area contributed by atoms with Crippen LogP contribution in [0.2, 0.25) is 0 Å². The van der Waals surface area contributed by atoms with E-state index in [0.29, 0.717) is 6.61 Å². The van der Waals surface area contributed by atoms with Gasteiger partial charge in [-0.05, 0) is 19.1 Å². The molecule has 2 N–H and O–H groups in total. The Morgan fingerprint density at radius 3 is 2.95 bits per heavy atom. The highest BCUT2D eigenvalue weighted by Gasteiger charge is 2.33. The third-order valence-electron chi connectivity index (χ3n) is 4.39. The Bertz CT molecular complexity index is 682. The van der Waals surface area contributed by atoms with Crippen LogP contribution in [0.15, 0.2) is 24.3 Å². The molecule has 2 aromatic rings. The maximum atomic E-state index is 11.7. The Labute approximate surface area is 129 Å². The highest BCUT2D eigenvalue weighted by atomic mass is 16.5. The molecule has 0 bridgehead atoms. The van der Waals surface area contributed by atoms with Crippen LogP contribution < -0.4 is 5.73 Å². The molecular weight excluding hydrogens is 280 g/mol. The fourth-order valence-corrected chi connectivity index (χ4v) is 3.21. The molecule has 2 atom stereocenters. The van der Waals surface area contributed by atoms with Gasteiger partial charge < -0.3 is 15.0 Å². The molecule has 6 nitrogen and oxygen atoms in total. The number of primary amides is 1. The number of benzene rings is 1. The van der Waals surface area contributed by atoms with E-state index in [1.54, 1.807) is 0 Å². The van der Waals surface area contributed by atoms with Gasteiger partial charge in [-0.1, -0.05) is 12.1 Å². The van der Waals surface area contributed by atoms with Crippen LogP contribution in [0.3, 0.4) is 0 Å². The highest BCUT2D eigenvalue weighted by molar-refractivity contribution is 5.80. The van der Waals surface area contributed by atoms with Crippen LogP contribution >= 0.6 is 0 Å². The summed E-state index contributed by atoms with van der Waals surface area (Å²) in [5.74, 6) is 0.695. The maximum Gasteiger partial charge on any atom is 0.237 e. The standard InChI is InChI=1S/C16H22N4O2/c1-11-15(16(17)21)20(9-10-22-11)8-7-14-18-12-5-3-4-6-13(12)19(14)2/h3-6,11,15H,7-10H2,1-2H3,(H2,17,21)/t11-,15+/m1/s1. The number of carbonyl (C=O) groups is 1. The predicted molar refractivity (Wildman–Crippen MR) is 84.4 cm³/mol. The van der Waals surface area contributed by atoms with Crippen LogP contribution in [-0.2, 0) is 23.0 Å². The summed E-state index contributed by atoms with van der Waals surface area (Å²) < 4.78 is 7.65. The van der Waals surface area contributed by atoms with Gasteiger partial charge in [-0.25, -0.2) is 4.98 Å². The van der Waals surface area contributed by atoms with Crippen molar-refractivity contribution >= 4 is 16.9 Å². The maximum absolute atomic E-state index is 11.7. The topological polar surface area (TPSA) is 73.4 Å². The summed E-state index contributed by atoms with van der Waals surface area (Å²) in [4.78, 5) is 18.5. The molecule has 0 spiro atoms. The first-order valence-electron chi connectivity index (χ1n) is 7.63. The summed E-state index contributed by atoms with van der Waals surface area (Å²) in [5.41, 5.74) is 7.65. The van der Waals surface area contributed by atoms with Gasteiger partial charge in [0.1, 0.15) is 11.9 Å². The Morgan fingerprint density at radius 2 is 2.23 bits per heavy atom. The van der Waals surface area contributed by atoms with Gasteiger partial charge in [0, 0.05) is 26.6 Å². The zero-order valence-corrected chi connectivity index (χ0v) is 13.0. The number of nitrogens with two attached hydrogens (primary N) is 1. The largest absolute Gasteiger partial charge is 0.375 e. The lowest BCUT2D eigenvalue weighted by Crippen LogP contribution is -2.56. The van der Waals surface area contributed by atoms with Crippen LogP contribution in [0.4, 0.5) is 0 Å². The molecule has 0 aliphatic carbocycles. The van der Waals surface area contributed by atoms with E-state index in [0.717, 1.165) is 36.4 Å². The van der Waals surface area contributed by atoms with Gasteiger partial charge in [0.05, 0.1) is 23.7 Å². The number of para-hydroxylation sites is 2. The van der Waals surface area contributed by atoms with Gasteiger partial charge >= 0.3 is 0 Å². The van der Waals surface area contributed by atoms with Gasteiger partial charge in [0.25, 0.3) is 0 Å². The number of rotatable bonds is 4. The van der Waals surface area contributed by atoms with E-state index in [-0.39, 0.29) is 18.1 Å². The van der Waals surface area contributed by atoms with E-state index >= 15 is 0 Å². The number of morpholine rings is 1. The number of hydrogen-bond donors (Lipinski definition) is 1. The van der Waals surface area contributed by atoms with Crippen molar-refractivity contribution in [1.82, 2.24) is 14.5 Å². The van der Waals surface area contributed by atoms with Gasteiger partial charge in [-0.15, -0.1) is 0 Å². The third-order valence-corrected chi connectivity index (χ3v) is 4.39. The molecule has 1 amide bonds. The second kappa shape index (κ2) is 6.06. The number of amides is 1. The molecule has 6 heteroatoms. The monoisotopic (exact) mass is 302 g/mol. The molecule has 2 heterocycles. The summed E-state index contributed by atoms with van der Waals surface area (Å²) >= 11 is 0. The normalized spacial score (nSPS) is 23.0. The van der Waals surface area contributed by atoms with Crippen molar-refractivity contribution in [3.63, 3.8) is 0 Å². The Kier molecular flexibility index (Phi) is 4.13. The van der Waals surface area contributed by atoms with Crippen LogP contribution in [0.5, 0.6) is 0 Å². The molecule has 0 unspecified atom stereocenters. The van der Waals surface area contributed by atoms with Crippen molar-refractivity contribution in [1.29, 1.82) is 0 Å². The van der Waals surface area contributed by atoms with Crippen LogP contribution in [0.25, 0.3) is 11.0 Å². The van der Waals surface area contributed by atoms with E-state index in [2.05, 4.69) is 20.5 Å². The molecule has 0 saturated carbocycles. The number of nitrogens with zero attached hydrogens (tertiary/aromatic N) is 3. The average molecular weight is 302 g/mol. The number of ether oxygens (including phenoxy) is 1. The number of aromatic nitrogens is 2. The average Bonchev–Trinajstić information content (AvgIpc) is 2.81. The van der Waals surface area contributed by atoms with Crippen LogP contribution in [0, 0.1) is 0 Å². The Balaban J connectivity index is 1.75. The van der Waals surface area contributed by atoms with Crippen LogP contribution in [-0.4, -0.2) is 52.2 Å². The van der Waals surface area contributed by atoms with E-state index in [4.69, 9.17) is 10.5 Å². The molecule has 1 aromatic heterocycles. The number of carbonyl (C=O) groups excluding carboxylic acids is 1. The van der Waals surface area contributed by atoms with E-state index in [9.17, 15) is 4.79 Å². The van der Waals surface area contributed by atoms with Crippen molar-refractivity contribution in [3.8, 4) is 0 Å². The first kappa shape index (κ1) is 15.0. The zero-order valence-electron chi connectivity index (χ0n) is 13.0. The van der Waals surface area contributed by atoms with Crippen molar-refractivity contribution in [2.75, 3.05) is 19.7 Å². The summed E-state index contributed by atoms with van der Waals surface area (Å²) in [5, 5.41) is 0. The van der Waals surface area contributed by atoms with Crippen molar-refractivity contribution < 1.29 is 9.53 Å². The van der Waals surface area contributed by atoms with Gasteiger partial charge in [0.2, 0.25) is 5.91 Å². The first-order valence-corrected chi connectivity index (χ1v) is 7.63. The van der Waals surface area contributed by atoms with E-state index in [1.165, 1.54) is 0 Å². The molecule has 1 aliphatic heterocycles. The molecule has 22 heavy (non-hydrogen) atoms. The van der Waals surface area contributed by atoms with E-state index < -0.39 is 0 Å². The fourth-order valence-electron chi connectivity index (χ4n) is 3.21. The van der Waals surface area contributed by atoms with E-state index in [1.807, 2.05) is 32.2 Å². The zero-order chi connectivity index (χ0) is 15.7. The smallest absolute Gasteiger partial charge is 0.237 e. The lowest BCUT2D eigenvalue weighted by Gasteiger charge is -2.37. The minimum absolute atomic E-state index is 0.160. The highest BCUT2D eigenvalue weighted by Crippen LogP contribution is 2.17. The number of hydrogen-bond acceptors (Lipinski definition) is 4. The quantitative estimate of drug-likeness (QED) is 0.902. The Morgan fingerprint density at radius 1 is 1.45 bits per heavy atom. The number of fused-ring (bicyclic) bond motifs is 1. The fraction of sp³-hybridized carbons (Fsp3) is 0.500. The molecule has 0 radical (unpaired) electrons. The number of aryl methyl sites for hydroxylation is 1. The van der Waals surface area contributed by atoms with Crippen molar-refractivity contribution in [3.05, 3.63) is 30.1 Å². The summed E-state index contributed by atoms with van der Waals surface area (Å²) in [6.07, 6.45) is 0.619. The molecule has 1 aromatic carbocycles. The molecule has 3 rings (SSSR count). The second-order valence-electron chi connectivity index (χ2n) is 5.78. The molecule has 118 valence electrons. The van der Waals surface area contributed by atoms with Crippen molar-refractivity contribution in [2.45, 2.75) is 25.5 Å². The summed E-state index contributed by atoms with van der Waals surface area (Å²) in [6.45, 7) is 4.00.